The highest BCUT2D eigenvalue weighted by molar-refractivity contribution is 6.31. The molecule has 0 spiro atoms. The molecule has 0 atom stereocenters. The average Bonchev–Trinajstić information content (AvgIpc) is 2.82. The zero-order chi connectivity index (χ0) is 25.2. The lowest BCUT2D eigenvalue weighted by atomic mass is 9.94. The molecule has 2 aliphatic rings. The van der Waals surface area contributed by atoms with Gasteiger partial charge in [0.1, 0.15) is 11.9 Å². The SMILES string of the molecule is Cc1cc(OC2CCN(CC3CCN(c4cc(C(F)(F)F)ccc4C(=O)O)CC3)CC2)ccc1Cl. The summed E-state index contributed by atoms with van der Waals surface area (Å²) in [7, 11) is 0. The van der Waals surface area contributed by atoms with Crippen LogP contribution in [0.25, 0.3) is 0 Å². The van der Waals surface area contributed by atoms with Gasteiger partial charge in [-0.3, -0.25) is 0 Å². The molecular weight excluding hydrogens is 481 g/mol. The number of likely N-dealkylation sites (tertiary alicyclic amines) is 1. The Hall–Kier alpha value is -2.45. The van der Waals surface area contributed by atoms with Crippen LogP contribution in [0.1, 0.15) is 47.2 Å². The van der Waals surface area contributed by atoms with Gasteiger partial charge >= 0.3 is 12.1 Å². The summed E-state index contributed by atoms with van der Waals surface area (Å²) >= 11 is 6.09. The van der Waals surface area contributed by atoms with Crippen molar-refractivity contribution in [2.75, 3.05) is 37.6 Å². The van der Waals surface area contributed by atoms with Crippen molar-refractivity contribution in [2.45, 2.75) is 44.9 Å². The van der Waals surface area contributed by atoms with Crippen LogP contribution < -0.4 is 9.64 Å². The molecule has 0 aromatic heterocycles. The highest BCUT2D eigenvalue weighted by Crippen LogP contribution is 2.35. The number of hydrogen-bond donors (Lipinski definition) is 1. The van der Waals surface area contributed by atoms with Crippen LogP contribution in [-0.2, 0) is 6.18 Å². The van der Waals surface area contributed by atoms with Crippen LogP contribution in [0.5, 0.6) is 5.75 Å². The Labute approximate surface area is 208 Å². The standard InChI is InChI=1S/C26H30ClF3N2O3/c1-17-14-21(3-5-23(17)27)35-20-8-10-31(11-9-20)16-18-6-12-32(13-7-18)24-15-19(26(28,29)30)2-4-22(24)25(33)34/h2-5,14-15,18,20H,6-13,16H2,1H3,(H,33,34). The number of hydrogen-bond acceptors (Lipinski definition) is 4. The maximum Gasteiger partial charge on any atom is 0.416 e. The van der Waals surface area contributed by atoms with Crippen molar-refractivity contribution in [1.82, 2.24) is 4.90 Å². The third-order valence-electron chi connectivity index (χ3n) is 6.99. The van der Waals surface area contributed by atoms with Gasteiger partial charge in [0.2, 0.25) is 0 Å². The lowest BCUT2D eigenvalue weighted by Crippen LogP contribution is -2.43. The summed E-state index contributed by atoms with van der Waals surface area (Å²) in [5.74, 6) is 0.0597. The average molecular weight is 511 g/mol. The topological polar surface area (TPSA) is 53.0 Å². The summed E-state index contributed by atoms with van der Waals surface area (Å²) in [6, 6.07) is 8.58. The lowest BCUT2D eigenvalue weighted by Gasteiger charge is -2.38. The highest BCUT2D eigenvalue weighted by atomic mass is 35.5. The zero-order valence-electron chi connectivity index (χ0n) is 19.7. The molecule has 1 N–H and O–H groups in total. The number of halogens is 4. The number of nitrogens with zero attached hydrogens (tertiary/aromatic N) is 2. The molecule has 5 nitrogen and oxygen atoms in total. The second kappa shape index (κ2) is 10.7. The van der Waals surface area contributed by atoms with Gasteiger partial charge in [0.05, 0.1) is 16.8 Å². The fourth-order valence-electron chi connectivity index (χ4n) is 4.96. The van der Waals surface area contributed by atoms with Crippen molar-refractivity contribution in [3.8, 4) is 5.75 Å². The van der Waals surface area contributed by atoms with E-state index >= 15 is 0 Å². The number of alkyl halides is 3. The fraction of sp³-hybridized carbons (Fsp3) is 0.500. The maximum atomic E-state index is 13.2. The first-order chi connectivity index (χ1) is 16.6. The Bertz CT molecular complexity index is 1050. The second-order valence-electron chi connectivity index (χ2n) is 9.49. The van der Waals surface area contributed by atoms with Gasteiger partial charge < -0.3 is 19.6 Å². The Morgan fingerprint density at radius 1 is 1.06 bits per heavy atom. The van der Waals surface area contributed by atoms with Crippen molar-refractivity contribution < 1.29 is 27.8 Å². The predicted molar refractivity (Wildman–Crippen MR) is 130 cm³/mol. The number of aromatic carboxylic acids is 1. The number of benzene rings is 2. The molecule has 2 fully saturated rings. The van der Waals surface area contributed by atoms with Crippen LogP contribution in [0.4, 0.5) is 18.9 Å². The second-order valence-corrected chi connectivity index (χ2v) is 9.90. The molecule has 0 unspecified atom stereocenters. The number of ether oxygens (including phenoxy) is 1. The minimum absolute atomic E-state index is 0.0885. The zero-order valence-corrected chi connectivity index (χ0v) is 20.4. The molecule has 9 heteroatoms. The smallest absolute Gasteiger partial charge is 0.416 e. The number of carboxylic acids is 1. The predicted octanol–water partition coefficient (Wildman–Crippen LogP) is 6.13. The van der Waals surface area contributed by atoms with E-state index in [1.807, 2.05) is 25.1 Å². The van der Waals surface area contributed by atoms with E-state index in [2.05, 4.69) is 4.90 Å². The van der Waals surface area contributed by atoms with E-state index in [9.17, 15) is 23.1 Å². The largest absolute Gasteiger partial charge is 0.490 e. The highest BCUT2D eigenvalue weighted by Gasteiger charge is 2.33. The van der Waals surface area contributed by atoms with Gasteiger partial charge in [-0.2, -0.15) is 13.2 Å². The van der Waals surface area contributed by atoms with Crippen LogP contribution >= 0.6 is 11.6 Å². The summed E-state index contributed by atoms with van der Waals surface area (Å²) in [5, 5.41) is 10.2. The quantitative estimate of drug-likeness (QED) is 0.507. The van der Waals surface area contributed by atoms with E-state index in [0.29, 0.717) is 19.0 Å². The number of aryl methyl sites for hydroxylation is 1. The molecule has 35 heavy (non-hydrogen) atoms. The van der Waals surface area contributed by atoms with Crippen molar-refractivity contribution >= 4 is 23.3 Å². The third kappa shape index (κ3) is 6.41. The third-order valence-corrected chi connectivity index (χ3v) is 7.42. The summed E-state index contributed by atoms with van der Waals surface area (Å²) < 4.78 is 45.7. The first kappa shape index (κ1) is 25.6. The van der Waals surface area contributed by atoms with E-state index in [1.165, 1.54) is 0 Å². The van der Waals surface area contributed by atoms with Crippen LogP contribution in [0.3, 0.4) is 0 Å². The molecule has 2 aromatic carbocycles. The monoisotopic (exact) mass is 510 g/mol. The molecule has 0 amide bonds. The molecule has 2 saturated heterocycles. The molecule has 2 aromatic rings. The Morgan fingerprint density at radius 2 is 1.74 bits per heavy atom. The molecule has 0 radical (unpaired) electrons. The van der Waals surface area contributed by atoms with Crippen LogP contribution in [0, 0.1) is 12.8 Å². The van der Waals surface area contributed by atoms with Crippen molar-refractivity contribution in [3.05, 3.63) is 58.1 Å². The van der Waals surface area contributed by atoms with Crippen molar-refractivity contribution in [1.29, 1.82) is 0 Å². The Morgan fingerprint density at radius 3 is 2.34 bits per heavy atom. The van der Waals surface area contributed by atoms with Crippen LogP contribution in [0.15, 0.2) is 36.4 Å². The van der Waals surface area contributed by atoms with Gasteiger partial charge in [-0.1, -0.05) is 11.6 Å². The lowest BCUT2D eigenvalue weighted by molar-refractivity contribution is -0.137. The minimum atomic E-state index is -4.51. The minimum Gasteiger partial charge on any atom is -0.490 e. The first-order valence-corrected chi connectivity index (χ1v) is 12.3. The van der Waals surface area contributed by atoms with E-state index in [4.69, 9.17) is 16.3 Å². The van der Waals surface area contributed by atoms with Gasteiger partial charge in [0.15, 0.2) is 0 Å². The normalized spacial score (nSPS) is 18.6. The molecule has 4 rings (SSSR count). The van der Waals surface area contributed by atoms with Gasteiger partial charge in [0, 0.05) is 37.7 Å². The molecule has 2 heterocycles. The molecule has 0 aliphatic carbocycles. The summed E-state index contributed by atoms with van der Waals surface area (Å²) in [6.07, 6.45) is -0.832. The number of carboxylic acid groups (broad SMARTS) is 1. The molecule has 190 valence electrons. The van der Waals surface area contributed by atoms with Crippen molar-refractivity contribution in [3.63, 3.8) is 0 Å². The molecule has 2 aliphatic heterocycles. The van der Waals surface area contributed by atoms with E-state index in [0.717, 1.165) is 79.9 Å². The van der Waals surface area contributed by atoms with Gasteiger partial charge in [0.25, 0.3) is 0 Å². The number of anilines is 1. The maximum absolute atomic E-state index is 13.2. The molecule has 0 bridgehead atoms. The Balaban J connectivity index is 1.28. The molecular formula is C26H30ClF3N2O3. The fourth-order valence-corrected chi connectivity index (χ4v) is 5.08. The first-order valence-electron chi connectivity index (χ1n) is 11.9. The number of rotatable bonds is 6. The van der Waals surface area contributed by atoms with E-state index in [-0.39, 0.29) is 17.4 Å². The van der Waals surface area contributed by atoms with Crippen LogP contribution in [-0.4, -0.2) is 54.8 Å². The summed E-state index contributed by atoms with van der Waals surface area (Å²) in [6.45, 7) is 5.86. The summed E-state index contributed by atoms with van der Waals surface area (Å²) in [5.41, 5.74) is 0.239. The summed E-state index contributed by atoms with van der Waals surface area (Å²) in [4.78, 5) is 15.8. The van der Waals surface area contributed by atoms with Gasteiger partial charge in [-0.05, 0) is 80.5 Å². The van der Waals surface area contributed by atoms with Gasteiger partial charge in [-0.15, -0.1) is 0 Å². The van der Waals surface area contributed by atoms with E-state index < -0.39 is 17.7 Å². The molecule has 0 saturated carbocycles. The number of carbonyl (C=O) groups is 1. The number of piperidine rings is 2. The Kier molecular flexibility index (Phi) is 7.81. The van der Waals surface area contributed by atoms with Gasteiger partial charge in [-0.25, -0.2) is 4.79 Å². The van der Waals surface area contributed by atoms with E-state index in [1.54, 1.807) is 4.90 Å². The van der Waals surface area contributed by atoms with Crippen LogP contribution in [0.2, 0.25) is 5.02 Å². The van der Waals surface area contributed by atoms with Crippen molar-refractivity contribution in [2.24, 2.45) is 5.92 Å².